The van der Waals surface area contributed by atoms with E-state index in [9.17, 15) is 4.79 Å². The molecule has 0 radical (unpaired) electrons. The first-order chi connectivity index (χ1) is 13.2. The van der Waals surface area contributed by atoms with Crippen LogP contribution >= 0.6 is 0 Å². The summed E-state index contributed by atoms with van der Waals surface area (Å²) in [6.07, 6.45) is 3.10. The number of benzene rings is 1. The lowest BCUT2D eigenvalue weighted by atomic mass is 10.1. The smallest absolute Gasteiger partial charge is 0.306 e. The zero-order chi connectivity index (χ0) is 20.3. The normalized spacial score (nSPS) is 11.9. The minimum atomic E-state index is -0.424. The Labute approximate surface area is 164 Å². The molecule has 8 nitrogen and oxygen atoms in total. The summed E-state index contributed by atoms with van der Waals surface area (Å²) in [5.41, 5.74) is 8.58. The van der Waals surface area contributed by atoms with Crippen LogP contribution in [0.25, 0.3) is 16.7 Å². The summed E-state index contributed by atoms with van der Waals surface area (Å²) in [4.78, 5) is 16.4. The number of anilines is 2. The largest absolute Gasteiger partial charge is 0.460 e. The number of esters is 1. The van der Waals surface area contributed by atoms with Crippen molar-refractivity contribution in [3.8, 4) is 0 Å². The highest BCUT2D eigenvalue weighted by molar-refractivity contribution is 5.85. The molecule has 8 heteroatoms. The van der Waals surface area contributed by atoms with Gasteiger partial charge in [0.2, 0.25) is 5.65 Å². The monoisotopic (exact) mass is 384 g/mol. The number of nitrogens with two attached hydrogens (primary N) is 1. The molecule has 0 saturated carbocycles. The zero-order valence-electron chi connectivity index (χ0n) is 17.0. The number of hydrogen-bond donors (Lipinski definition) is 2. The van der Waals surface area contributed by atoms with Gasteiger partial charge in [0.25, 0.3) is 0 Å². The van der Waals surface area contributed by atoms with Crippen LogP contribution in [-0.2, 0) is 9.53 Å². The summed E-state index contributed by atoms with van der Waals surface area (Å²) < 4.78 is 7.28. The molecule has 0 unspecified atom stereocenters. The molecule has 150 valence electrons. The van der Waals surface area contributed by atoms with E-state index in [0.29, 0.717) is 23.6 Å². The molecule has 0 amide bonds. The van der Waals surface area contributed by atoms with Crippen LogP contribution in [0.1, 0.15) is 52.3 Å². The Morgan fingerprint density at radius 1 is 1.21 bits per heavy atom. The number of nitrogens with zero attached hydrogens (tertiary/aromatic N) is 4. The van der Waals surface area contributed by atoms with Gasteiger partial charge in [-0.25, -0.2) is 4.98 Å². The maximum absolute atomic E-state index is 11.7. The second-order valence-electron chi connectivity index (χ2n) is 7.94. The quantitative estimate of drug-likeness (QED) is 0.365. The Bertz CT molecular complexity index is 990. The number of nitrogens with one attached hydrogen (secondary N) is 1. The molecule has 1 aromatic carbocycles. The molecular weight excluding hydrogens is 356 g/mol. The molecule has 0 bridgehead atoms. The van der Waals surface area contributed by atoms with Crippen LogP contribution < -0.4 is 11.1 Å². The van der Waals surface area contributed by atoms with Crippen LogP contribution in [-0.4, -0.2) is 37.7 Å². The summed E-state index contributed by atoms with van der Waals surface area (Å²) in [5, 5.41) is 11.8. The van der Waals surface area contributed by atoms with Gasteiger partial charge in [0.1, 0.15) is 11.4 Å². The second-order valence-corrected chi connectivity index (χ2v) is 7.94. The Morgan fingerprint density at radius 3 is 2.75 bits per heavy atom. The molecule has 3 rings (SSSR count). The number of fused-ring (bicyclic) bond motifs is 3. The van der Waals surface area contributed by atoms with Crippen LogP contribution in [0.15, 0.2) is 18.2 Å². The predicted molar refractivity (Wildman–Crippen MR) is 110 cm³/mol. The Morgan fingerprint density at radius 2 is 2.00 bits per heavy atom. The van der Waals surface area contributed by atoms with Gasteiger partial charge in [0.05, 0.1) is 11.0 Å². The van der Waals surface area contributed by atoms with Crippen LogP contribution in [0.4, 0.5) is 11.5 Å². The molecule has 0 atom stereocenters. The van der Waals surface area contributed by atoms with Gasteiger partial charge in [0, 0.05) is 18.7 Å². The summed E-state index contributed by atoms with van der Waals surface area (Å²) in [7, 11) is 0. The van der Waals surface area contributed by atoms with Crippen LogP contribution in [0.5, 0.6) is 0 Å². The van der Waals surface area contributed by atoms with Crippen molar-refractivity contribution in [1.82, 2.24) is 19.6 Å². The molecule has 0 saturated heterocycles. The van der Waals surface area contributed by atoms with E-state index in [1.807, 2.05) is 50.3 Å². The van der Waals surface area contributed by atoms with Gasteiger partial charge in [-0.2, -0.15) is 0 Å². The Hall–Kier alpha value is -2.90. The van der Waals surface area contributed by atoms with E-state index in [4.69, 9.17) is 10.5 Å². The van der Waals surface area contributed by atoms with E-state index < -0.39 is 5.60 Å². The van der Waals surface area contributed by atoms with Gasteiger partial charge < -0.3 is 15.8 Å². The average molecular weight is 384 g/mol. The highest BCUT2D eigenvalue weighted by Crippen LogP contribution is 2.23. The van der Waals surface area contributed by atoms with Gasteiger partial charge >= 0.3 is 5.97 Å². The zero-order valence-corrected chi connectivity index (χ0v) is 17.0. The van der Waals surface area contributed by atoms with Crippen molar-refractivity contribution < 1.29 is 9.53 Å². The molecule has 3 N–H and O–H groups in total. The number of nitrogen functional groups attached to an aromatic ring is 1. The summed E-state index contributed by atoms with van der Waals surface area (Å²) >= 11 is 0. The third-order valence-corrected chi connectivity index (χ3v) is 4.28. The first kappa shape index (κ1) is 19.9. The topological polar surface area (TPSA) is 107 Å². The van der Waals surface area contributed by atoms with E-state index >= 15 is 0 Å². The molecule has 28 heavy (non-hydrogen) atoms. The van der Waals surface area contributed by atoms with Crippen LogP contribution in [0.2, 0.25) is 0 Å². The maximum atomic E-state index is 11.7. The third-order valence-electron chi connectivity index (χ3n) is 4.28. The first-order valence-electron chi connectivity index (χ1n) is 9.61. The summed E-state index contributed by atoms with van der Waals surface area (Å²) in [6, 6.07) is 5.61. The number of ether oxygens (including phenoxy) is 1. The van der Waals surface area contributed by atoms with Gasteiger partial charge in [-0.05, 0) is 58.7 Å². The van der Waals surface area contributed by atoms with E-state index in [-0.39, 0.29) is 5.97 Å². The lowest BCUT2D eigenvalue weighted by Gasteiger charge is -2.19. The molecule has 0 spiro atoms. The Kier molecular flexibility index (Phi) is 5.67. The minimum Gasteiger partial charge on any atom is -0.460 e. The van der Waals surface area contributed by atoms with Crippen LogP contribution in [0.3, 0.4) is 0 Å². The molecule has 3 aromatic rings. The Balaban J connectivity index is 1.59. The van der Waals surface area contributed by atoms with Gasteiger partial charge in [-0.3, -0.25) is 9.20 Å². The van der Waals surface area contributed by atoms with Gasteiger partial charge in [-0.1, -0.05) is 6.42 Å². The summed E-state index contributed by atoms with van der Waals surface area (Å²) in [6.45, 7) is 8.29. The lowest BCUT2D eigenvalue weighted by Crippen LogP contribution is -2.23. The van der Waals surface area contributed by atoms with Crippen molar-refractivity contribution >= 4 is 34.2 Å². The van der Waals surface area contributed by atoms with E-state index in [2.05, 4.69) is 20.5 Å². The van der Waals surface area contributed by atoms with E-state index in [1.54, 1.807) is 0 Å². The number of aromatic nitrogens is 4. The maximum Gasteiger partial charge on any atom is 0.306 e. The fourth-order valence-electron chi connectivity index (χ4n) is 3.08. The van der Waals surface area contributed by atoms with Gasteiger partial charge in [0.15, 0.2) is 5.82 Å². The fraction of sp³-hybridized carbons (Fsp3) is 0.500. The lowest BCUT2D eigenvalue weighted by molar-refractivity contribution is -0.154. The molecular formula is C20H28N6O2. The van der Waals surface area contributed by atoms with Crippen molar-refractivity contribution in [2.75, 3.05) is 17.6 Å². The average Bonchev–Trinajstić information content (AvgIpc) is 2.99. The highest BCUT2D eigenvalue weighted by Gasteiger charge is 2.16. The summed E-state index contributed by atoms with van der Waals surface area (Å²) in [5.74, 6) is 1.34. The highest BCUT2D eigenvalue weighted by atomic mass is 16.6. The molecule has 0 fully saturated rings. The van der Waals surface area contributed by atoms with Crippen molar-refractivity contribution in [3.05, 3.63) is 24.0 Å². The number of rotatable bonds is 7. The number of unbranched alkanes of at least 4 members (excludes halogenated alkanes) is 2. The fourth-order valence-corrected chi connectivity index (χ4v) is 3.08. The van der Waals surface area contributed by atoms with Gasteiger partial charge in [-0.15, -0.1) is 10.2 Å². The molecule has 0 aliphatic heterocycles. The van der Waals surface area contributed by atoms with Crippen LogP contribution in [0, 0.1) is 6.92 Å². The van der Waals surface area contributed by atoms with E-state index in [0.717, 1.165) is 42.7 Å². The van der Waals surface area contributed by atoms with Crippen molar-refractivity contribution in [2.45, 2.75) is 59.0 Å². The van der Waals surface area contributed by atoms with E-state index in [1.165, 1.54) is 0 Å². The standard InChI is InChI=1S/C20H28N6O2/c1-13-24-25-19-18(23-15-10-9-14(21)12-16(15)26(13)19)22-11-7-5-6-8-17(27)28-20(2,3)4/h9-10,12H,5-8,11,21H2,1-4H3,(H,22,23). The molecule has 0 aliphatic rings. The number of carbonyl (C=O) groups excluding carboxylic acids is 1. The van der Waals surface area contributed by atoms with Crippen molar-refractivity contribution in [3.63, 3.8) is 0 Å². The number of carbonyl (C=O) groups is 1. The first-order valence-corrected chi connectivity index (χ1v) is 9.61. The molecule has 2 aromatic heterocycles. The second kappa shape index (κ2) is 8.00. The number of hydrogen-bond acceptors (Lipinski definition) is 7. The van der Waals surface area contributed by atoms with Crippen molar-refractivity contribution in [2.24, 2.45) is 0 Å². The SMILES string of the molecule is Cc1nnc2c(NCCCCCC(=O)OC(C)(C)C)nc3ccc(N)cc3n12. The predicted octanol–water partition coefficient (Wildman–Crippen LogP) is 3.48. The number of aryl methyl sites for hydroxylation is 1. The minimum absolute atomic E-state index is 0.142. The molecule has 2 heterocycles. The van der Waals surface area contributed by atoms with Crippen molar-refractivity contribution in [1.29, 1.82) is 0 Å². The molecule has 0 aliphatic carbocycles. The third kappa shape index (κ3) is 4.68.